The SMILES string of the molecule is CCc1cccc2c3c([nH]c12)C(CC)(CC(=O)O)OCC3OC. The Morgan fingerprint density at radius 2 is 2.26 bits per heavy atom. The minimum Gasteiger partial charge on any atom is -0.481 e. The van der Waals surface area contributed by atoms with Crippen LogP contribution in [-0.2, 0) is 26.3 Å². The van der Waals surface area contributed by atoms with Crippen molar-refractivity contribution in [2.75, 3.05) is 13.7 Å². The Balaban J connectivity index is 2.29. The quantitative estimate of drug-likeness (QED) is 0.885. The minimum absolute atomic E-state index is 0.0544. The van der Waals surface area contributed by atoms with Crippen LogP contribution in [0.25, 0.3) is 10.9 Å². The molecule has 0 fully saturated rings. The van der Waals surface area contributed by atoms with Crippen LogP contribution in [0.4, 0.5) is 0 Å². The molecule has 0 radical (unpaired) electrons. The second kappa shape index (κ2) is 5.98. The molecule has 5 heteroatoms. The average molecular weight is 317 g/mol. The highest BCUT2D eigenvalue weighted by Crippen LogP contribution is 2.46. The summed E-state index contributed by atoms with van der Waals surface area (Å²) in [5.74, 6) is -0.858. The number of nitrogens with one attached hydrogen (secondary N) is 1. The molecule has 1 aromatic heterocycles. The number of benzene rings is 1. The predicted octanol–water partition coefficient (Wildman–Crippen LogP) is 3.53. The Morgan fingerprint density at radius 1 is 1.48 bits per heavy atom. The molecule has 2 unspecified atom stereocenters. The van der Waals surface area contributed by atoms with Gasteiger partial charge < -0.3 is 19.6 Å². The first kappa shape index (κ1) is 16.0. The summed E-state index contributed by atoms with van der Waals surface area (Å²) < 4.78 is 11.6. The topological polar surface area (TPSA) is 71.6 Å². The van der Waals surface area contributed by atoms with E-state index in [1.54, 1.807) is 7.11 Å². The molecule has 124 valence electrons. The Morgan fingerprint density at radius 3 is 2.87 bits per heavy atom. The van der Waals surface area contributed by atoms with Crippen LogP contribution < -0.4 is 0 Å². The number of carbonyl (C=O) groups is 1. The fraction of sp³-hybridized carbons (Fsp3) is 0.500. The van der Waals surface area contributed by atoms with Crippen molar-refractivity contribution in [1.29, 1.82) is 0 Å². The first-order chi connectivity index (χ1) is 11.1. The van der Waals surface area contributed by atoms with Crippen molar-refractivity contribution < 1.29 is 19.4 Å². The third-order valence-corrected chi connectivity index (χ3v) is 4.92. The number of rotatable bonds is 5. The highest BCUT2D eigenvalue weighted by Gasteiger charge is 2.44. The van der Waals surface area contributed by atoms with Gasteiger partial charge in [0.25, 0.3) is 0 Å². The number of aryl methyl sites for hydroxylation is 1. The Labute approximate surface area is 135 Å². The van der Waals surface area contributed by atoms with Gasteiger partial charge in [0.2, 0.25) is 0 Å². The van der Waals surface area contributed by atoms with Crippen molar-refractivity contribution in [2.45, 2.75) is 44.8 Å². The lowest BCUT2D eigenvalue weighted by molar-refractivity contribution is -0.156. The van der Waals surface area contributed by atoms with Crippen LogP contribution in [0.1, 0.15) is 49.6 Å². The zero-order chi connectivity index (χ0) is 16.6. The predicted molar refractivity (Wildman–Crippen MR) is 87.6 cm³/mol. The molecule has 5 nitrogen and oxygen atoms in total. The number of H-pyrrole nitrogens is 1. The highest BCUT2D eigenvalue weighted by molar-refractivity contribution is 5.88. The van der Waals surface area contributed by atoms with E-state index >= 15 is 0 Å². The van der Waals surface area contributed by atoms with Gasteiger partial charge in [0.05, 0.1) is 18.7 Å². The number of carboxylic acids is 1. The van der Waals surface area contributed by atoms with Gasteiger partial charge in [-0.05, 0) is 18.4 Å². The van der Waals surface area contributed by atoms with Gasteiger partial charge in [0.15, 0.2) is 0 Å². The van der Waals surface area contributed by atoms with Crippen LogP contribution in [0.3, 0.4) is 0 Å². The van der Waals surface area contributed by atoms with Crippen molar-refractivity contribution in [3.8, 4) is 0 Å². The fourth-order valence-electron chi connectivity index (χ4n) is 3.65. The Kier molecular flexibility index (Phi) is 4.17. The molecule has 2 aromatic rings. The molecule has 0 amide bonds. The number of aromatic nitrogens is 1. The molecule has 23 heavy (non-hydrogen) atoms. The summed E-state index contributed by atoms with van der Waals surface area (Å²) in [6, 6.07) is 6.21. The third kappa shape index (κ3) is 2.44. The molecule has 1 aliphatic heterocycles. The maximum Gasteiger partial charge on any atom is 0.306 e. The first-order valence-corrected chi connectivity index (χ1v) is 8.08. The molecular weight excluding hydrogens is 294 g/mol. The van der Waals surface area contributed by atoms with Crippen molar-refractivity contribution in [3.05, 3.63) is 35.0 Å². The molecule has 2 N–H and O–H groups in total. The summed E-state index contributed by atoms with van der Waals surface area (Å²) in [4.78, 5) is 14.9. The van der Waals surface area contributed by atoms with Gasteiger partial charge in [0, 0.05) is 23.6 Å². The second-order valence-electron chi connectivity index (χ2n) is 6.06. The summed E-state index contributed by atoms with van der Waals surface area (Å²) in [5.41, 5.74) is 3.37. The van der Waals surface area contributed by atoms with Crippen molar-refractivity contribution in [1.82, 2.24) is 4.98 Å². The Hall–Kier alpha value is -1.85. The number of hydrogen-bond acceptors (Lipinski definition) is 3. The smallest absolute Gasteiger partial charge is 0.306 e. The van der Waals surface area contributed by atoms with Gasteiger partial charge >= 0.3 is 5.97 Å². The molecule has 0 spiro atoms. The zero-order valence-electron chi connectivity index (χ0n) is 13.8. The number of carboxylic acid groups (broad SMARTS) is 1. The molecule has 1 aliphatic rings. The van der Waals surface area contributed by atoms with E-state index in [4.69, 9.17) is 9.47 Å². The maximum absolute atomic E-state index is 11.4. The van der Waals surface area contributed by atoms with Crippen LogP contribution in [0.2, 0.25) is 0 Å². The number of aliphatic carboxylic acids is 1. The molecule has 3 rings (SSSR count). The summed E-state index contributed by atoms with van der Waals surface area (Å²) in [6.45, 7) is 4.45. The molecule has 2 heterocycles. The van der Waals surface area contributed by atoms with Crippen LogP contribution in [0.15, 0.2) is 18.2 Å². The number of aromatic amines is 1. The lowest BCUT2D eigenvalue weighted by Crippen LogP contribution is -2.39. The molecule has 0 bridgehead atoms. The summed E-state index contributed by atoms with van der Waals surface area (Å²) >= 11 is 0. The lowest BCUT2D eigenvalue weighted by Gasteiger charge is -2.38. The molecule has 0 saturated carbocycles. The van der Waals surface area contributed by atoms with Crippen molar-refractivity contribution >= 4 is 16.9 Å². The number of methoxy groups -OCH3 is 1. The van der Waals surface area contributed by atoms with E-state index < -0.39 is 11.6 Å². The standard InChI is InChI=1S/C18H23NO4/c1-4-11-7-6-8-12-15-13(22-3)10-23-18(5-2,9-14(20)21)17(15)19-16(11)12/h6-8,13,19H,4-5,9-10H2,1-3H3,(H,20,21). The highest BCUT2D eigenvalue weighted by atomic mass is 16.5. The molecule has 0 saturated heterocycles. The third-order valence-electron chi connectivity index (χ3n) is 4.92. The average Bonchev–Trinajstić information content (AvgIpc) is 2.95. The number of fused-ring (bicyclic) bond motifs is 3. The van der Waals surface area contributed by atoms with E-state index in [0.29, 0.717) is 13.0 Å². The van der Waals surface area contributed by atoms with E-state index in [1.165, 1.54) is 5.56 Å². The maximum atomic E-state index is 11.4. The minimum atomic E-state index is -0.858. The fourth-order valence-corrected chi connectivity index (χ4v) is 3.65. The molecule has 0 aliphatic carbocycles. The van der Waals surface area contributed by atoms with Gasteiger partial charge in [-0.1, -0.05) is 32.0 Å². The Bertz CT molecular complexity index is 736. The van der Waals surface area contributed by atoms with E-state index in [-0.39, 0.29) is 12.5 Å². The van der Waals surface area contributed by atoms with Crippen LogP contribution >= 0.6 is 0 Å². The zero-order valence-corrected chi connectivity index (χ0v) is 13.8. The molecular formula is C18H23NO4. The monoisotopic (exact) mass is 317 g/mol. The number of ether oxygens (including phenoxy) is 2. The normalized spacial score (nSPS) is 23.9. The first-order valence-electron chi connectivity index (χ1n) is 8.08. The molecule has 2 atom stereocenters. The van der Waals surface area contributed by atoms with Gasteiger partial charge in [-0.2, -0.15) is 0 Å². The van der Waals surface area contributed by atoms with Gasteiger partial charge in [0.1, 0.15) is 11.7 Å². The number of para-hydroxylation sites is 1. The lowest BCUT2D eigenvalue weighted by atomic mass is 9.85. The van der Waals surface area contributed by atoms with Crippen LogP contribution in [0, 0.1) is 0 Å². The summed E-state index contributed by atoms with van der Waals surface area (Å²) in [6.07, 6.45) is 1.27. The van der Waals surface area contributed by atoms with E-state index in [9.17, 15) is 9.90 Å². The van der Waals surface area contributed by atoms with Crippen LogP contribution in [0.5, 0.6) is 0 Å². The van der Waals surface area contributed by atoms with Crippen molar-refractivity contribution in [2.24, 2.45) is 0 Å². The molecule has 1 aromatic carbocycles. The summed E-state index contributed by atoms with van der Waals surface area (Å²) in [7, 11) is 1.66. The van der Waals surface area contributed by atoms with E-state index in [2.05, 4.69) is 24.0 Å². The van der Waals surface area contributed by atoms with Crippen LogP contribution in [-0.4, -0.2) is 29.8 Å². The van der Waals surface area contributed by atoms with E-state index in [0.717, 1.165) is 28.6 Å². The largest absolute Gasteiger partial charge is 0.481 e. The second-order valence-corrected chi connectivity index (χ2v) is 6.06. The van der Waals surface area contributed by atoms with Gasteiger partial charge in [-0.15, -0.1) is 0 Å². The van der Waals surface area contributed by atoms with Gasteiger partial charge in [-0.25, -0.2) is 0 Å². The van der Waals surface area contributed by atoms with Gasteiger partial charge in [-0.3, -0.25) is 4.79 Å². The van der Waals surface area contributed by atoms with Crippen molar-refractivity contribution in [3.63, 3.8) is 0 Å². The summed E-state index contributed by atoms with van der Waals surface area (Å²) in [5, 5.41) is 10.5. The number of hydrogen-bond donors (Lipinski definition) is 2. The van der Waals surface area contributed by atoms with E-state index in [1.807, 2.05) is 13.0 Å².